The van der Waals surface area contributed by atoms with Crippen LogP contribution in [0.3, 0.4) is 0 Å². The van der Waals surface area contributed by atoms with E-state index < -0.39 is 10.0 Å². The van der Waals surface area contributed by atoms with Crippen LogP contribution >= 0.6 is 22.6 Å². The van der Waals surface area contributed by atoms with Crippen molar-refractivity contribution in [3.63, 3.8) is 0 Å². The van der Waals surface area contributed by atoms with Gasteiger partial charge in [-0.3, -0.25) is 0 Å². The summed E-state index contributed by atoms with van der Waals surface area (Å²) in [6.07, 6.45) is 6.61. The van der Waals surface area contributed by atoms with Crippen molar-refractivity contribution < 1.29 is 8.42 Å². The maximum absolute atomic E-state index is 12.0. The Morgan fingerprint density at radius 3 is 2.50 bits per heavy atom. The topological polar surface area (TPSA) is 46.2 Å². The van der Waals surface area contributed by atoms with Gasteiger partial charge in [0.2, 0.25) is 10.0 Å². The highest BCUT2D eigenvalue weighted by atomic mass is 127. The average molecular weight is 377 g/mol. The fourth-order valence-electron chi connectivity index (χ4n) is 1.95. The highest BCUT2D eigenvalue weighted by Crippen LogP contribution is 2.17. The lowest BCUT2D eigenvalue weighted by Gasteiger charge is -2.13. The van der Waals surface area contributed by atoms with Crippen LogP contribution in [0.5, 0.6) is 0 Å². The van der Waals surface area contributed by atoms with E-state index in [-0.39, 0.29) is 0 Å². The number of hydrogen-bond acceptors (Lipinski definition) is 2. The number of hydrogen-bond donors (Lipinski definition) is 1. The minimum Gasteiger partial charge on any atom is -0.207 e. The van der Waals surface area contributed by atoms with Crippen molar-refractivity contribution in [1.82, 2.24) is 4.72 Å². The summed E-state index contributed by atoms with van der Waals surface area (Å²) in [4.78, 5) is 0.333. The predicted octanol–water partition coefficient (Wildman–Crippen LogP) is 3.07. The van der Waals surface area contributed by atoms with Crippen molar-refractivity contribution in [2.45, 2.75) is 30.6 Å². The van der Waals surface area contributed by atoms with E-state index in [2.05, 4.69) is 33.4 Å². The second kappa shape index (κ2) is 6.16. The van der Waals surface area contributed by atoms with Crippen LogP contribution in [0.25, 0.3) is 0 Å². The summed E-state index contributed by atoms with van der Waals surface area (Å²) in [5, 5.41) is 0. The minimum atomic E-state index is -3.37. The Kier molecular flexibility index (Phi) is 4.80. The Hall–Kier alpha value is -0.400. The monoisotopic (exact) mass is 377 g/mol. The molecule has 0 saturated carbocycles. The van der Waals surface area contributed by atoms with Gasteiger partial charge in [-0.1, -0.05) is 11.6 Å². The Balaban J connectivity index is 2.03. The Morgan fingerprint density at radius 2 is 1.89 bits per heavy atom. The fourth-order valence-corrected chi connectivity index (χ4v) is 3.35. The molecule has 18 heavy (non-hydrogen) atoms. The molecule has 0 aromatic heterocycles. The molecular formula is C13H16INO2S. The molecular weight excluding hydrogens is 361 g/mol. The molecule has 1 aromatic rings. The van der Waals surface area contributed by atoms with Gasteiger partial charge in [0.15, 0.2) is 0 Å². The van der Waals surface area contributed by atoms with E-state index in [1.807, 2.05) is 0 Å². The van der Waals surface area contributed by atoms with Crippen LogP contribution in [0.4, 0.5) is 0 Å². The van der Waals surface area contributed by atoms with Gasteiger partial charge in [0, 0.05) is 10.1 Å². The second-order valence-corrected chi connectivity index (χ2v) is 7.40. The lowest BCUT2D eigenvalue weighted by molar-refractivity contribution is 0.582. The summed E-state index contributed by atoms with van der Waals surface area (Å²) >= 11 is 2.16. The average Bonchev–Trinajstić information content (AvgIpc) is 2.38. The van der Waals surface area contributed by atoms with Crippen LogP contribution in [0.1, 0.15) is 25.7 Å². The molecule has 0 aliphatic heterocycles. The predicted molar refractivity (Wildman–Crippen MR) is 80.9 cm³/mol. The number of halogens is 1. The summed E-state index contributed by atoms with van der Waals surface area (Å²) in [5.41, 5.74) is 1.20. The number of sulfonamides is 1. The van der Waals surface area contributed by atoms with Crippen LogP contribution in [0.2, 0.25) is 0 Å². The number of nitrogens with one attached hydrogen (secondary N) is 1. The van der Waals surface area contributed by atoms with Crippen molar-refractivity contribution in [3.05, 3.63) is 39.5 Å². The summed E-state index contributed by atoms with van der Waals surface area (Å²) in [7, 11) is -3.37. The largest absolute Gasteiger partial charge is 0.240 e. The highest BCUT2D eigenvalue weighted by Gasteiger charge is 2.14. The molecule has 2 rings (SSSR count). The first-order valence-corrected chi connectivity index (χ1v) is 8.57. The molecule has 0 spiro atoms. The number of benzene rings is 1. The minimum absolute atomic E-state index is 0.333. The first-order chi connectivity index (χ1) is 8.58. The van der Waals surface area contributed by atoms with E-state index in [0.29, 0.717) is 11.4 Å². The van der Waals surface area contributed by atoms with Crippen LogP contribution in [-0.4, -0.2) is 15.0 Å². The molecule has 0 unspecified atom stereocenters. The maximum atomic E-state index is 12.0. The van der Waals surface area contributed by atoms with Crippen molar-refractivity contribution in [2.75, 3.05) is 6.54 Å². The van der Waals surface area contributed by atoms with Gasteiger partial charge < -0.3 is 0 Å². The molecule has 3 nitrogen and oxygen atoms in total. The molecule has 0 saturated heterocycles. The van der Waals surface area contributed by atoms with Gasteiger partial charge in [0.25, 0.3) is 0 Å². The molecule has 0 amide bonds. The molecule has 1 aromatic carbocycles. The van der Waals surface area contributed by atoms with Gasteiger partial charge in [-0.15, -0.1) is 0 Å². The van der Waals surface area contributed by atoms with Gasteiger partial charge in [-0.25, -0.2) is 13.1 Å². The van der Waals surface area contributed by atoms with Crippen LogP contribution in [0, 0.1) is 3.57 Å². The molecule has 0 fully saturated rings. The normalized spacial score (nSPS) is 16.4. The van der Waals surface area contributed by atoms with Crippen molar-refractivity contribution in [3.8, 4) is 0 Å². The molecule has 0 radical (unpaired) electrons. The first-order valence-electron chi connectivity index (χ1n) is 6.01. The van der Waals surface area contributed by atoms with Crippen molar-refractivity contribution in [1.29, 1.82) is 0 Å². The summed E-state index contributed by atoms with van der Waals surface area (Å²) < 4.78 is 27.8. The number of allylic oxidation sites excluding steroid dienone is 1. The second-order valence-electron chi connectivity index (χ2n) is 4.39. The fraction of sp³-hybridized carbons (Fsp3) is 0.385. The van der Waals surface area contributed by atoms with Crippen LogP contribution < -0.4 is 4.72 Å². The maximum Gasteiger partial charge on any atom is 0.240 e. The molecule has 0 heterocycles. The van der Waals surface area contributed by atoms with Gasteiger partial charge in [-0.05, 0) is 72.5 Å². The van der Waals surface area contributed by atoms with Gasteiger partial charge in [0.05, 0.1) is 4.90 Å². The molecule has 1 aliphatic rings. The molecule has 1 aliphatic carbocycles. The zero-order valence-corrected chi connectivity index (χ0v) is 13.0. The third-order valence-corrected chi connectivity index (χ3v) is 5.13. The van der Waals surface area contributed by atoms with Crippen LogP contribution in [0.15, 0.2) is 40.8 Å². The van der Waals surface area contributed by atoms with E-state index in [4.69, 9.17) is 0 Å². The lowest BCUT2D eigenvalue weighted by Crippen LogP contribution is -2.26. The molecule has 98 valence electrons. The Morgan fingerprint density at radius 1 is 1.17 bits per heavy atom. The van der Waals surface area contributed by atoms with Gasteiger partial charge >= 0.3 is 0 Å². The van der Waals surface area contributed by atoms with E-state index in [1.54, 1.807) is 24.3 Å². The zero-order chi connectivity index (χ0) is 13.0. The zero-order valence-electron chi connectivity index (χ0n) is 10.0. The molecule has 5 heteroatoms. The third-order valence-electron chi connectivity index (χ3n) is 3.00. The van der Waals surface area contributed by atoms with E-state index >= 15 is 0 Å². The van der Waals surface area contributed by atoms with Crippen LogP contribution in [-0.2, 0) is 10.0 Å². The molecule has 0 bridgehead atoms. The molecule has 0 atom stereocenters. The van der Waals surface area contributed by atoms with E-state index in [9.17, 15) is 8.42 Å². The van der Waals surface area contributed by atoms with Gasteiger partial charge in [-0.2, -0.15) is 0 Å². The summed E-state index contributed by atoms with van der Waals surface area (Å²) in [6, 6.07) is 6.88. The van der Waals surface area contributed by atoms with Crippen molar-refractivity contribution in [2.24, 2.45) is 0 Å². The lowest BCUT2D eigenvalue weighted by atomic mass is 10.0. The van der Waals surface area contributed by atoms with E-state index in [0.717, 1.165) is 22.8 Å². The summed E-state index contributed by atoms with van der Waals surface area (Å²) in [6.45, 7) is 0.439. The number of rotatable bonds is 4. The third kappa shape index (κ3) is 3.80. The van der Waals surface area contributed by atoms with E-state index in [1.165, 1.54) is 12.0 Å². The van der Waals surface area contributed by atoms with Crippen molar-refractivity contribution >= 4 is 32.6 Å². The summed E-state index contributed by atoms with van der Waals surface area (Å²) in [5.74, 6) is 0. The molecule has 1 N–H and O–H groups in total. The smallest absolute Gasteiger partial charge is 0.207 e. The van der Waals surface area contributed by atoms with Gasteiger partial charge in [0.1, 0.15) is 0 Å². The highest BCUT2D eigenvalue weighted by molar-refractivity contribution is 14.1. The first kappa shape index (κ1) is 14.0. The standard InChI is InChI=1S/C13H16INO2S/c14-12-6-8-13(9-7-12)18(16,17)15-10-11-4-2-1-3-5-11/h4,6-9,15H,1-3,5,10H2. The Bertz CT molecular complexity index is 535. The quantitative estimate of drug-likeness (QED) is 0.648. The Labute approximate surface area is 122 Å². The SMILES string of the molecule is O=S(=O)(NCC1=CCCCC1)c1ccc(I)cc1.